The fourth-order valence-corrected chi connectivity index (χ4v) is 3.28. The number of thioether (sulfide) groups is 1. The smallest absolute Gasteiger partial charge is 0.239 e. The van der Waals surface area contributed by atoms with Crippen LogP contribution in [0.15, 0.2) is 22.5 Å². The number of hydrogen-bond donors (Lipinski definition) is 2. The molecule has 1 aromatic carbocycles. The highest BCUT2D eigenvalue weighted by Gasteiger charge is 2.07. The minimum absolute atomic E-state index is 0.0829. The Morgan fingerprint density at radius 3 is 2.95 bits per heavy atom. The van der Waals surface area contributed by atoms with Gasteiger partial charge < -0.3 is 11.1 Å². The molecule has 0 aliphatic rings. The number of benzene rings is 1. The SMILES string of the molecule is NC(=O)CSc1nc2ccc(NC(=O)CCl)cc2s1. The van der Waals surface area contributed by atoms with Crippen LogP contribution >= 0.6 is 34.7 Å². The summed E-state index contributed by atoms with van der Waals surface area (Å²) in [5.74, 6) is -0.510. The maximum atomic E-state index is 11.2. The average Bonchev–Trinajstić information content (AvgIpc) is 2.78. The molecule has 2 amide bonds. The predicted molar refractivity (Wildman–Crippen MR) is 78.9 cm³/mol. The summed E-state index contributed by atoms with van der Waals surface area (Å²) < 4.78 is 1.70. The van der Waals surface area contributed by atoms with Crippen LogP contribution in [0.5, 0.6) is 0 Å². The van der Waals surface area contributed by atoms with Crippen molar-refractivity contribution in [3.8, 4) is 0 Å². The lowest BCUT2D eigenvalue weighted by molar-refractivity contribution is -0.115. The first-order valence-corrected chi connectivity index (χ1v) is 7.59. The van der Waals surface area contributed by atoms with Gasteiger partial charge in [-0.15, -0.1) is 22.9 Å². The third-order valence-corrected chi connectivity index (χ3v) is 4.54. The van der Waals surface area contributed by atoms with Crippen molar-refractivity contribution in [1.29, 1.82) is 0 Å². The first kappa shape index (κ1) is 14.1. The Balaban J connectivity index is 2.18. The number of halogens is 1. The number of thiazole rings is 1. The number of fused-ring (bicyclic) bond motifs is 1. The van der Waals surface area contributed by atoms with E-state index in [9.17, 15) is 9.59 Å². The molecule has 100 valence electrons. The van der Waals surface area contributed by atoms with E-state index in [2.05, 4.69) is 10.3 Å². The molecule has 0 radical (unpaired) electrons. The van der Waals surface area contributed by atoms with Gasteiger partial charge in [0.2, 0.25) is 11.8 Å². The van der Waals surface area contributed by atoms with Gasteiger partial charge in [0.05, 0.1) is 16.0 Å². The molecule has 0 aliphatic carbocycles. The van der Waals surface area contributed by atoms with Gasteiger partial charge in [0.15, 0.2) is 4.34 Å². The summed E-state index contributed by atoms with van der Waals surface area (Å²) in [6.07, 6.45) is 0. The van der Waals surface area contributed by atoms with Crippen molar-refractivity contribution in [1.82, 2.24) is 4.98 Å². The first-order valence-electron chi connectivity index (χ1n) is 5.26. The number of carbonyl (C=O) groups excluding carboxylic acids is 2. The molecule has 0 saturated heterocycles. The van der Waals surface area contributed by atoms with Crippen molar-refractivity contribution >= 4 is 62.4 Å². The van der Waals surface area contributed by atoms with Crippen LogP contribution in [0, 0.1) is 0 Å². The average molecular weight is 316 g/mol. The van der Waals surface area contributed by atoms with E-state index in [0.29, 0.717) is 5.69 Å². The van der Waals surface area contributed by atoms with Crippen LogP contribution in [0.2, 0.25) is 0 Å². The third-order valence-electron chi connectivity index (χ3n) is 2.11. The molecule has 3 N–H and O–H groups in total. The second-order valence-electron chi connectivity index (χ2n) is 3.60. The molecule has 2 aromatic rings. The van der Waals surface area contributed by atoms with E-state index >= 15 is 0 Å². The number of primary amides is 1. The molecule has 1 aromatic heterocycles. The number of nitrogens with zero attached hydrogens (tertiary/aromatic N) is 1. The Kier molecular flexibility index (Phi) is 4.62. The van der Waals surface area contributed by atoms with Crippen LogP contribution in [0.25, 0.3) is 10.2 Å². The number of alkyl halides is 1. The van der Waals surface area contributed by atoms with Gasteiger partial charge in [0.25, 0.3) is 0 Å². The second-order valence-corrected chi connectivity index (χ2v) is 6.12. The Hall–Kier alpha value is -1.31. The van der Waals surface area contributed by atoms with Crippen LogP contribution in [0.3, 0.4) is 0 Å². The molecule has 0 saturated carbocycles. The summed E-state index contributed by atoms with van der Waals surface area (Å²) in [5.41, 5.74) is 6.58. The minimum Gasteiger partial charge on any atom is -0.369 e. The standard InChI is InChI=1S/C11H10ClN3O2S2/c12-4-10(17)14-6-1-2-7-8(3-6)19-11(15-7)18-5-9(13)16/h1-3H,4-5H2,(H2,13,16)(H,14,17). The van der Waals surface area contributed by atoms with Crippen LogP contribution < -0.4 is 11.1 Å². The van der Waals surface area contributed by atoms with Crippen molar-refractivity contribution in [3.05, 3.63) is 18.2 Å². The quantitative estimate of drug-likeness (QED) is 0.653. The summed E-state index contributed by atoms with van der Waals surface area (Å²) in [6, 6.07) is 5.39. The highest BCUT2D eigenvalue weighted by atomic mass is 35.5. The predicted octanol–water partition coefficient (Wildman–Crippen LogP) is 2.05. The molecule has 0 atom stereocenters. The van der Waals surface area contributed by atoms with Crippen molar-refractivity contribution in [2.75, 3.05) is 16.9 Å². The molecule has 1 heterocycles. The Morgan fingerprint density at radius 1 is 1.47 bits per heavy atom. The Labute approximate surface area is 122 Å². The van der Waals surface area contributed by atoms with Crippen molar-refractivity contribution in [2.45, 2.75) is 4.34 Å². The van der Waals surface area contributed by atoms with E-state index in [1.807, 2.05) is 12.1 Å². The fourth-order valence-electron chi connectivity index (χ4n) is 1.37. The van der Waals surface area contributed by atoms with Gasteiger partial charge in [-0.25, -0.2) is 4.98 Å². The van der Waals surface area contributed by atoms with Gasteiger partial charge in [-0.05, 0) is 18.2 Å². The maximum absolute atomic E-state index is 11.2. The highest BCUT2D eigenvalue weighted by molar-refractivity contribution is 8.01. The molecular weight excluding hydrogens is 306 g/mol. The molecular formula is C11H10ClN3O2S2. The van der Waals surface area contributed by atoms with Crippen LogP contribution in [-0.2, 0) is 9.59 Å². The maximum Gasteiger partial charge on any atom is 0.239 e. The van der Waals surface area contributed by atoms with Gasteiger partial charge in [-0.3, -0.25) is 9.59 Å². The summed E-state index contributed by atoms with van der Waals surface area (Å²) in [5, 5.41) is 2.67. The molecule has 0 unspecified atom stereocenters. The van der Waals surface area contributed by atoms with E-state index in [1.165, 1.54) is 23.1 Å². The van der Waals surface area contributed by atoms with Gasteiger partial charge in [-0.2, -0.15) is 0 Å². The monoisotopic (exact) mass is 315 g/mol. The normalized spacial score (nSPS) is 10.6. The number of anilines is 1. The van der Waals surface area contributed by atoms with E-state index in [4.69, 9.17) is 17.3 Å². The number of amides is 2. The zero-order chi connectivity index (χ0) is 13.8. The van der Waals surface area contributed by atoms with Crippen LogP contribution in [0.1, 0.15) is 0 Å². The lowest BCUT2D eigenvalue weighted by atomic mass is 10.3. The third kappa shape index (κ3) is 3.82. The van der Waals surface area contributed by atoms with Gasteiger partial charge in [0, 0.05) is 5.69 Å². The Bertz CT molecular complexity index is 629. The molecule has 0 fully saturated rings. The lowest BCUT2D eigenvalue weighted by Crippen LogP contribution is -2.12. The van der Waals surface area contributed by atoms with Gasteiger partial charge in [-0.1, -0.05) is 11.8 Å². The minimum atomic E-state index is -0.376. The number of hydrogen-bond acceptors (Lipinski definition) is 5. The summed E-state index contributed by atoms with van der Waals surface area (Å²) >= 11 is 8.18. The fraction of sp³-hybridized carbons (Fsp3) is 0.182. The van der Waals surface area contributed by atoms with Crippen molar-refractivity contribution in [3.63, 3.8) is 0 Å². The van der Waals surface area contributed by atoms with Gasteiger partial charge >= 0.3 is 0 Å². The van der Waals surface area contributed by atoms with Crippen molar-refractivity contribution in [2.24, 2.45) is 5.73 Å². The molecule has 5 nitrogen and oxygen atoms in total. The molecule has 2 rings (SSSR count). The zero-order valence-electron chi connectivity index (χ0n) is 9.68. The van der Waals surface area contributed by atoms with E-state index in [1.54, 1.807) is 6.07 Å². The van der Waals surface area contributed by atoms with Crippen molar-refractivity contribution < 1.29 is 9.59 Å². The number of nitrogens with one attached hydrogen (secondary N) is 1. The molecule has 19 heavy (non-hydrogen) atoms. The van der Waals surface area contributed by atoms with E-state index < -0.39 is 0 Å². The Morgan fingerprint density at radius 2 is 2.26 bits per heavy atom. The largest absolute Gasteiger partial charge is 0.369 e. The number of carbonyl (C=O) groups is 2. The summed E-state index contributed by atoms with van der Waals surface area (Å²) in [7, 11) is 0. The topological polar surface area (TPSA) is 85.1 Å². The van der Waals surface area contributed by atoms with Gasteiger partial charge in [0.1, 0.15) is 5.88 Å². The zero-order valence-corrected chi connectivity index (χ0v) is 12.1. The van der Waals surface area contributed by atoms with Crippen LogP contribution in [-0.4, -0.2) is 28.4 Å². The summed E-state index contributed by atoms with van der Waals surface area (Å²) in [6.45, 7) is 0. The summed E-state index contributed by atoms with van der Waals surface area (Å²) in [4.78, 5) is 26.3. The number of aromatic nitrogens is 1. The number of rotatable bonds is 5. The van der Waals surface area contributed by atoms with E-state index in [-0.39, 0.29) is 23.4 Å². The lowest BCUT2D eigenvalue weighted by Gasteiger charge is -2.01. The first-order chi connectivity index (χ1) is 9.08. The second kappa shape index (κ2) is 6.23. The van der Waals surface area contributed by atoms with Crippen LogP contribution in [0.4, 0.5) is 5.69 Å². The number of nitrogens with two attached hydrogens (primary N) is 1. The molecule has 0 aliphatic heterocycles. The van der Waals surface area contributed by atoms with E-state index in [0.717, 1.165) is 14.6 Å². The molecule has 0 spiro atoms. The highest BCUT2D eigenvalue weighted by Crippen LogP contribution is 2.31. The molecule has 8 heteroatoms. The molecule has 0 bridgehead atoms.